The third-order valence-electron chi connectivity index (χ3n) is 17.2. The Labute approximate surface area is 517 Å². The van der Waals surface area contributed by atoms with Gasteiger partial charge in [-0.15, -0.1) is 0 Å². The predicted molar refractivity (Wildman–Crippen MR) is 374 cm³/mol. The second-order valence-electron chi connectivity index (χ2n) is 23.0. The van der Waals surface area contributed by atoms with Crippen LogP contribution >= 0.6 is 0 Å². The van der Waals surface area contributed by atoms with Crippen molar-refractivity contribution in [1.29, 1.82) is 0 Å². The molecule has 0 amide bonds. The van der Waals surface area contributed by atoms with Gasteiger partial charge in [0.05, 0.1) is 11.4 Å². The number of rotatable bonds is 16. The largest absolute Gasteiger partial charge is 0.311 e. The fraction of sp³-hybridized carbons (Fsp3) is 0.0476. The van der Waals surface area contributed by atoms with E-state index in [1.54, 1.807) is 0 Å². The summed E-state index contributed by atoms with van der Waals surface area (Å²) < 4.78 is 0. The molecule has 4 nitrogen and oxygen atoms in total. The molecule has 0 aliphatic heterocycles. The first-order chi connectivity index (χ1) is 43.3. The number of hydrogen-bond acceptors (Lipinski definition) is 4. The molecule has 88 heavy (non-hydrogen) atoms. The Kier molecular flexibility index (Phi) is 15.0. The number of anilines is 12. The summed E-state index contributed by atoms with van der Waals surface area (Å²) in [6, 6.07) is 125. The molecule has 0 radical (unpaired) electrons. The van der Waals surface area contributed by atoms with Crippen molar-refractivity contribution in [3.05, 3.63) is 362 Å². The van der Waals surface area contributed by atoms with Crippen LogP contribution in [0.1, 0.15) is 30.5 Å². The van der Waals surface area contributed by atoms with Gasteiger partial charge in [0.25, 0.3) is 0 Å². The molecule has 0 N–H and O–H groups in total. The molecule has 0 aliphatic carbocycles. The molecule has 0 atom stereocenters. The molecule has 422 valence electrons. The van der Waals surface area contributed by atoms with E-state index < -0.39 is 5.41 Å². The normalized spacial score (nSPS) is 11.4. The zero-order valence-corrected chi connectivity index (χ0v) is 49.7. The third-order valence-corrected chi connectivity index (χ3v) is 17.2. The van der Waals surface area contributed by atoms with Gasteiger partial charge < -0.3 is 19.6 Å². The molecule has 0 aromatic heterocycles. The molecular weight excluding hydrogens is 1060 g/mol. The number of fused-ring (bicyclic) bond motifs is 2. The van der Waals surface area contributed by atoms with Gasteiger partial charge >= 0.3 is 0 Å². The Balaban J connectivity index is 0.802. The lowest BCUT2D eigenvalue weighted by Crippen LogP contribution is -2.22. The first-order valence-corrected chi connectivity index (χ1v) is 30.3. The Morgan fingerprint density at radius 1 is 0.227 bits per heavy atom. The van der Waals surface area contributed by atoms with E-state index in [0.717, 1.165) is 90.5 Å². The molecule has 4 heteroatoms. The minimum atomic E-state index is -0.413. The Morgan fingerprint density at radius 2 is 0.511 bits per heavy atom. The van der Waals surface area contributed by atoms with Crippen LogP contribution in [0.25, 0.3) is 43.8 Å². The van der Waals surface area contributed by atoms with Crippen molar-refractivity contribution >= 4 is 89.8 Å². The van der Waals surface area contributed by atoms with Crippen LogP contribution in [-0.2, 0) is 5.41 Å². The van der Waals surface area contributed by atoms with Crippen LogP contribution < -0.4 is 19.6 Å². The summed E-state index contributed by atoms with van der Waals surface area (Å²) in [5.41, 5.74) is 21.2. The van der Waals surface area contributed by atoms with Gasteiger partial charge in [-0.3, -0.25) is 0 Å². The van der Waals surface area contributed by atoms with Crippen LogP contribution in [0.15, 0.2) is 346 Å². The second kappa shape index (κ2) is 24.0. The van der Waals surface area contributed by atoms with Crippen molar-refractivity contribution in [2.24, 2.45) is 0 Å². The zero-order chi connectivity index (χ0) is 59.4. The van der Waals surface area contributed by atoms with E-state index in [1.807, 2.05) is 0 Å². The monoisotopic (exact) mass is 1130 g/mol. The summed E-state index contributed by atoms with van der Waals surface area (Å²) in [5.74, 6) is 0. The van der Waals surface area contributed by atoms with Gasteiger partial charge in [-0.1, -0.05) is 226 Å². The van der Waals surface area contributed by atoms with Gasteiger partial charge in [-0.05, 0) is 190 Å². The van der Waals surface area contributed by atoms with E-state index in [9.17, 15) is 0 Å². The summed E-state index contributed by atoms with van der Waals surface area (Å²) in [6.07, 6.45) is 0. The van der Waals surface area contributed by atoms with Gasteiger partial charge in [-0.2, -0.15) is 0 Å². The molecular formula is C84H66N4. The Bertz CT molecular complexity index is 4590. The molecule has 0 heterocycles. The summed E-state index contributed by atoms with van der Waals surface area (Å²) >= 11 is 0. The molecule has 0 unspecified atom stereocenters. The van der Waals surface area contributed by atoms with Gasteiger partial charge in [0.1, 0.15) is 0 Å². The van der Waals surface area contributed by atoms with E-state index in [1.165, 1.54) is 38.2 Å². The molecule has 0 aliphatic rings. The lowest BCUT2D eigenvalue weighted by molar-refractivity contribution is 0.636. The van der Waals surface area contributed by atoms with E-state index in [2.05, 4.69) is 386 Å². The highest BCUT2D eigenvalue weighted by Gasteiger charge is 2.29. The summed E-state index contributed by atoms with van der Waals surface area (Å²) in [4.78, 5) is 9.47. The van der Waals surface area contributed by atoms with Crippen molar-refractivity contribution in [2.75, 3.05) is 19.6 Å². The average molecular weight is 1130 g/mol. The molecule has 0 saturated heterocycles. The van der Waals surface area contributed by atoms with Gasteiger partial charge in [0.2, 0.25) is 0 Å². The fourth-order valence-corrected chi connectivity index (χ4v) is 12.7. The van der Waals surface area contributed by atoms with Crippen molar-refractivity contribution < 1.29 is 0 Å². The number of para-hydroxylation sites is 4. The van der Waals surface area contributed by atoms with E-state index >= 15 is 0 Å². The molecule has 14 aromatic carbocycles. The Hall–Kier alpha value is -11.2. The van der Waals surface area contributed by atoms with Gasteiger partial charge in [0, 0.05) is 73.1 Å². The number of hydrogen-bond donors (Lipinski definition) is 0. The van der Waals surface area contributed by atoms with Gasteiger partial charge in [-0.25, -0.2) is 0 Å². The minimum absolute atomic E-state index is 0.413. The molecule has 0 spiro atoms. The molecule has 14 rings (SSSR count). The highest BCUT2D eigenvalue weighted by Crippen LogP contribution is 2.46. The third kappa shape index (κ3) is 10.8. The molecule has 0 saturated carbocycles. The highest BCUT2D eigenvalue weighted by atomic mass is 15.2. The van der Waals surface area contributed by atoms with E-state index in [4.69, 9.17) is 0 Å². The van der Waals surface area contributed by atoms with Crippen LogP contribution in [0.4, 0.5) is 68.2 Å². The average Bonchev–Trinajstić information content (AvgIpc) is 1.50. The van der Waals surface area contributed by atoms with Crippen molar-refractivity contribution in [1.82, 2.24) is 0 Å². The smallest absolute Gasteiger partial charge is 0.0540 e. The molecule has 14 aromatic rings. The highest BCUT2D eigenvalue weighted by molar-refractivity contribution is 6.00. The van der Waals surface area contributed by atoms with E-state index in [0.29, 0.717) is 0 Å². The van der Waals surface area contributed by atoms with Crippen molar-refractivity contribution in [3.8, 4) is 22.3 Å². The van der Waals surface area contributed by atoms with E-state index in [-0.39, 0.29) is 0 Å². The van der Waals surface area contributed by atoms with Crippen LogP contribution in [0.2, 0.25) is 0 Å². The van der Waals surface area contributed by atoms with Crippen LogP contribution in [0.5, 0.6) is 0 Å². The maximum Gasteiger partial charge on any atom is 0.0540 e. The summed E-state index contributed by atoms with van der Waals surface area (Å²) in [6.45, 7) is 7.01. The minimum Gasteiger partial charge on any atom is -0.311 e. The standard InChI is InChI=1S/C84H66N4/c1-61-41-50-78(88(83-40-21-26-67-24-17-19-38-80(67)83)76-57-48-65(49-58-76)63-44-53-74(54-45-63)86(71-32-12-6-13-33-71)72-34-14-7-15-35-72)60-81(61)84(2,3)68-27-22-36-77(59-68)87(82-39-20-25-66-23-16-18-37-79(66)82)75-55-46-64(47-56-75)62-42-51-73(52-43-62)85(69-28-8-4-9-29-69)70-30-10-5-11-31-70/h4-60H,1-3H3. The number of benzene rings is 14. The number of nitrogens with zero attached hydrogens (tertiary/aromatic N) is 4. The zero-order valence-electron chi connectivity index (χ0n) is 49.7. The van der Waals surface area contributed by atoms with Crippen molar-refractivity contribution in [3.63, 3.8) is 0 Å². The van der Waals surface area contributed by atoms with Crippen molar-refractivity contribution in [2.45, 2.75) is 26.2 Å². The fourth-order valence-electron chi connectivity index (χ4n) is 12.7. The first-order valence-electron chi connectivity index (χ1n) is 30.3. The van der Waals surface area contributed by atoms with Crippen LogP contribution in [0, 0.1) is 6.92 Å². The van der Waals surface area contributed by atoms with Crippen LogP contribution in [0.3, 0.4) is 0 Å². The van der Waals surface area contributed by atoms with Gasteiger partial charge in [0.15, 0.2) is 0 Å². The predicted octanol–water partition coefficient (Wildman–Crippen LogP) is 23.8. The summed E-state index contributed by atoms with van der Waals surface area (Å²) in [7, 11) is 0. The van der Waals surface area contributed by atoms with Crippen LogP contribution in [-0.4, -0.2) is 0 Å². The second-order valence-corrected chi connectivity index (χ2v) is 23.0. The quantitative estimate of drug-likeness (QED) is 0.0956. The lowest BCUT2D eigenvalue weighted by atomic mass is 9.76. The maximum absolute atomic E-state index is 2.44. The topological polar surface area (TPSA) is 13.0 Å². The number of aryl methyl sites for hydroxylation is 1. The molecule has 0 fully saturated rings. The lowest BCUT2D eigenvalue weighted by Gasteiger charge is -2.33. The maximum atomic E-state index is 2.44. The SMILES string of the molecule is Cc1ccc(N(c2ccc(-c3ccc(N(c4ccccc4)c4ccccc4)cc3)cc2)c2cccc3ccccc23)cc1C(C)(C)c1cccc(N(c2ccc(-c3ccc(N(c4ccccc4)c4ccccc4)cc3)cc2)c2cccc3ccccc23)c1. The Morgan fingerprint density at radius 3 is 0.898 bits per heavy atom. The summed E-state index contributed by atoms with van der Waals surface area (Å²) in [5, 5.41) is 4.77. The molecule has 0 bridgehead atoms. The first kappa shape index (κ1) is 54.7.